The van der Waals surface area contributed by atoms with Crippen LogP contribution in [-0.2, 0) is 4.79 Å². The molecule has 0 saturated heterocycles. The molecule has 17 heavy (non-hydrogen) atoms. The lowest BCUT2D eigenvalue weighted by Crippen LogP contribution is -2.40. The largest absolute Gasteiger partial charge is 0.481 e. The molecule has 5 heteroatoms. The number of hydrogen-bond donors (Lipinski definition) is 2. The van der Waals surface area contributed by atoms with Crippen molar-refractivity contribution in [1.82, 2.24) is 5.32 Å². The van der Waals surface area contributed by atoms with Crippen molar-refractivity contribution in [2.75, 3.05) is 0 Å². The molecule has 1 aromatic rings. The number of carboxylic acids is 1. The maximum Gasteiger partial charge on any atom is 0.308 e. The van der Waals surface area contributed by atoms with Gasteiger partial charge in [0, 0.05) is 10.5 Å². The van der Waals surface area contributed by atoms with Crippen LogP contribution in [0.25, 0.3) is 0 Å². The molecular formula is C12H14BrNO3. The number of aliphatic carboxylic acids is 1. The fourth-order valence-corrected chi connectivity index (χ4v) is 1.73. The van der Waals surface area contributed by atoms with Gasteiger partial charge in [0.05, 0.1) is 11.5 Å². The first-order valence-electron chi connectivity index (χ1n) is 5.21. The molecule has 2 N–H and O–H groups in total. The normalized spacial score (nSPS) is 13.8. The highest BCUT2D eigenvalue weighted by Gasteiger charge is 2.21. The molecule has 0 aliphatic heterocycles. The number of nitrogens with one attached hydrogen (secondary N) is 1. The summed E-state index contributed by atoms with van der Waals surface area (Å²) < 4.78 is 0.688. The van der Waals surface area contributed by atoms with Crippen molar-refractivity contribution in [1.29, 1.82) is 0 Å². The zero-order valence-corrected chi connectivity index (χ0v) is 11.2. The van der Waals surface area contributed by atoms with Crippen LogP contribution in [0, 0.1) is 5.92 Å². The first-order chi connectivity index (χ1) is 7.93. The van der Waals surface area contributed by atoms with Gasteiger partial charge in [-0.15, -0.1) is 0 Å². The molecule has 1 amide bonds. The number of carbonyl (C=O) groups is 2. The summed E-state index contributed by atoms with van der Waals surface area (Å²) in [6.45, 7) is 3.24. The van der Waals surface area contributed by atoms with Crippen LogP contribution >= 0.6 is 15.9 Å². The minimum Gasteiger partial charge on any atom is -0.481 e. The van der Waals surface area contributed by atoms with E-state index in [9.17, 15) is 9.59 Å². The molecule has 0 aliphatic rings. The van der Waals surface area contributed by atoms with Crippen LogP contribution in [0.4, 0.5) is 0 Å². The van der Waals surface area contributed by atoms with E-state index in [1.807, 2.05) is 6.07 Å². The van der Waals surface area contributed by atoms with Gasteiger partial charge in [-0.25, -0.2) is 0 Å². The molecule has 0 bridgehead atoms. The van der Waals surface area contributed by atoms with Gasteiger partial charge in [-0.1, -0.05) is 12.1 Å². The Kier molecular flexibility index (Phi) is 4.69. The molecule has 2 unspecified atom stereocenters. The standard InChI is InChI=1S/C12H14BrNO3/c1-7(12(16)17)8(2)14-11(15)9-5-3-4-6-10(9)13/h3-8H,1-2H3,(H,14,15)(H,16,17). The van der Waals surface area contributed by atoms with E-state index >= 15 is 0 Å². The van der Waals surface area contributed by atoms with Crippen molar-refractivity contribution in [3.05, 3.63) is 34.3 Å². The van der Waals surface area contributed by atoms with Gasteiger partial charge in [0.25, 0.3) is 5.91 Å². The van der Waals surface area contributed by atoms with Gasteiger partial charge >= 0.3 is 5.97 Å². The van der Waals surface area contributed by atoms with Crippen molar-refractivity contribution < 1.29 is 14.7 Å². The van der Waals surface area contributed by atoms with E-state index in [1.165, 1.54) is 0 Å². The van der Waals surface area contributed by atoms with Gasteiger partial charge in [-0.2, -0.15) is 0 Å². The monoisotopic (exact) mass is 299 g/mol. The van der Waals surface area contributed by atoms with E-state index in [1.54, 1.807) is 32.0 Å². The summed E-state index contributed by atoms with van der Waals surface area (Å²) in [5.74, 6) is -1.83. The SMILES string of the molecule is CC(NC(=O)c1ccccc1Br)C(C)C(=O)O. The third-order valence-electron chi connectivity index (χ3n) is 2.62. The summed E-state index contributed by atoms with van der Waals surface area (Å²) in [4.78, 5) is 22.6. The van der Waals surface area contributed by atoms with Crippen LogP contribution < -0.4 is 5.32 Å². The minimum atomic E-state index is -0.926. The first kappa shape index (κ1) is 13.7. The van der Waals surface area contributed by atoms with Gasteiger partial charge in [0.2, 0.25) is 0 Å². The van der Waals surface area contributed by atoms with Crippen molar-refractivity contribution in [2.45, 2.75) is 19.9 Å². The molecule has 0 fully saturated rings. The number of halogens is 1. The Labute approximate surface area is 108 Å². The van der Waals surface area contributed by atoms with E-state index < -0.39 is 17.9 Å². The number of benzene rings is 1. The van der Waals surface area contributed by atoms with Crippen LogP contribution in [0.1, 0.15) is 24.2 Å². The molecule has 92 valence electrons. The van der Waals surface area contributed by atoms with E-state index in [2.05, 4.69) is 21.2 Å². The molecule has 1 rings (SSSR count). The van der Waals surface area contributed by atoms with Crippen LogP contribution in [0.15, 0.2) is 28.7 Å². The zero-order valence-electron chi connectivity index (χ0n) is 9.61. The van der Waals surface area contributed by atoms with Crippen molar-refractivity contribution in [3.63, 3.8) is 0 Å². The molecule has 4 nitrogen and oxygen atoms in total. The minimum absolute atomic E-state index is 0.280. The number of hydrogen-bond acceptors (Lipinski definition) is 2. The van der Waals surface area contributed by atoms with Gasteiger partial charge < -0.3 is 10.4 Å². The summed E-state index contributed by atoms with van der Waals surface area (Å²) in [5.41, 5.74) is 0.497. The summed E-state index contributed by atoms with van der Waals surface area (Å²) in [5, 5.41) is 11.5. The number of carboxylic acid groups (broad SMARTS) is 1. The van der Waals surface area contributed by atoms with E-state index in [0.29, 0.717) is 10.0 Å². The average molecular weight is 300 g/mol. The molecule has 0 radical (unpaired) electrons. The van der Waals surface area contributed by atoms with Crippen LogP contribution in [-0.4, -0.2) is 23.0 Å². The van der Waals surface area contributed by atoms with Gasteiger partial charge in [-0.3, -0.25) is 9.59 Å². The topological polar surface area (TPSA) is 66.4 Å². The average Bonchev–Trinajstić information content (AvgIpc) is 2.28. The molecule has 0 aromatic heterocycles. The Balaban J connectivity index is 2.74. The van der Waals surface area contributed by atoms with Gasteiger partial charge in [0.1, 0.15) is 0 Å². The summed E-state index contributed by atoms with van der Waals surface area (Å²) >= 11 is 3.28. The number of carbonyl (C=O) groups excluding carboxylic acids is 1. The lowest BCUT2D eigenvalue weighted by atomic mass is 10.0. The highest BCUT2D eigenvalue weighted by atomic mass is 79.9. The zero-order chi connectivity index (χ0) is 13.0. The second-order valence-corrected chi connectivity index (χ2v) is 4.72. The van der Waals surface area contributed by atoms with E-state index in [-0.39, 0.29) is 5.91 Å². The summed E-state index contributed by atoms with van der Waals surface area (Å²) in [7, 11) is 0. The number of rotatable bonds is 4. The third-order valence-corrected chi connectivity index (χ3v) is 3.31. The Morgan fingerprint density at radius 3 is 2.41 bits per heavy atom. The van der Waals surface area contributed by atoms with Crippen LogP contribution in [0.5, 0.6) is 0 Å². The quantitative estimate of drug-likeness (QED) is 0.896. The van der Waals surface area contributed by atoms with Gasteiger partial charge in [-0.05, 0) is 41.9 Å². The van der Waals surface area contributed by atoms with Crippen LogP contribution in [0.3, 0.4) is 0 Å². The van der Waals surface area contributed by atoms with Crippen molar-refractivity contribution in [2.24, 2.45) is 5.92 Å². The molecule has 0 heterocycles. The van der Waals surface area contributed by atoms with Crippen molar-refractivity contribution in [3.8, 4) is 0 Å². The van der Waals surface area contributed by atoms with Gasteiger partial charge in [0.15, 0.2) is 0 Å². The smallest absolute Gasteiger partial charge is 0.308 e. The molecule has 0 aliphatic carbocycles. The predicted octanol–water partition coefficient (Wildman–Crippen LogP) is 2.29. The molecule has 2 atom stereocenters. The second-order valence-electron chi connectivity index (χ2n) is 3.87. The predicted molar refractivity (Wildman–Crippen MR) is 67.9 cm³/mol. The van der Waals surface area contributed by atoms with Crippen molar-refractivity contribution >= 4 is 27.8 Å². The second kappa shape index (κ2) is 5.82. The molecule has 1 aromatic carbocycles. The molecule has 0 spiro atoms. The highest BCUT2D eigenvalue weighted by molar-refractivity contribution is 9.10. The fraction of sp³-hybridized carbons (Fsp3) is 0.333. The highest BCUT2D eigenvalue weighted by Crippen LogP contribution is 2.16. The Morgan fingerprint density at radius 2 is 1.88 bits per heavy atom. The summed E-state index contributed by atoms with van der Waals surface area (Å²) in [6.07, 6.45) is 0. The van der Waals surface area contributed by atoms with E-state index in [4.69, 9.17) is 5.11 Å². The Bertz CT molecular complexity index is 434. The number of amides is 1. The lowest BCUT2D eigenvalue weighted by Gasteiger charge is -2.18. The summed E-state index contributed by atoms with van der Waals surface area (Å²) in [6, 6.07) is 6.58. The molecular weight excluding hydrogens is 286 g/mol. The Morgan fingerprint density at radius 1 is 1.29 bits per heavy atom. The molecule has 0 saturated carbocycles. The third kappa shape index (κ3) is 3.56. The Hall–Kier alpha value is -1.36. The maximum atomic E-state index is 11.9. The fourth-order valence-electron chi connectivity index (χ4n) is 1.27. The maximum absolute atomic E-state index is 11.9. The lowest BCUT2D eigenvalue weighted by molar-refractivity contribution is -0.141. The first-order valence-corrected chi connectivity index (χ1v) is 6.01. The van der Waals surface area contributed by atoms with E-state index in [0.717, 1.165) is 0 Å². The van der Waals surface area contributed by atoms with Crippen LogP contribution in [0.2, 0.25) is 0 Å².